The van der Waals surface area contributed by atoms with Gasteiger partial charge in [0.2, 0.25) is 0 Å². The third kappa shape index (κ3) is 3.68. The van der Waals surface area contributed by atoms with Gasteiger partial charge in [0.15, 0.2) is 0 Å². The third-order valence-electron chi connectivity index (χ3n) is 3.39. The van der Waals surface area contributed by atoms with Gasteiger partial charge < -0.3 is 11.1 Å². The molecule has 0 aliphatic heterocycles. The summed E-state index contributed by atoms with van der Waals surface area (Å²) in [6, 6.07) is 3.45. The van der Waals surface area contributed by atoms with Crippen LogP contribution in [0.1, 0.15) is 27.7 Å². The molecule has 0 aliphatic carbocycles. The number of hydrogen-bond donors (Lipinski definition) is 2. The van der Waals surface area contributed by atoms with E-state index in [1.165, 1.54) is 0 Å². The second-order valence-corrected chi connectivity index (χ2v) is 6.16. The molecule has 0 amide bonds. The minimum absolute atomic E-state index is 0.193. The highest BCUT2D eigenvalue weighted by atomic mass is 35.5. The molecule has 0 spiro atoms. The Morgan fingerprint density at radius 3 is 2.29 bits per heavy atom. The van der Waals surface area contributed by atoms with Crippen LogP contribution in [0.3, 0.4) is 0 Å². The van der Waals surface area contributed by atoms with Crippen molar-refractivity contribution in [3.63, 3.8) is 0 Å². The summed E-state index contributed by atoms with van der Waals surface area (Å²) in [6.07, 6.45) is 0. The number of hydrogen-bond acceptors (Lipinski definition) is 2. The highest BCUT2D eigenvalue weighted by molar-refractivity contribution is 6.42. The normalized spacial score (nSPS) is 11.9. The molecule has 0 aliphatic rings. The molecule has 0 unspecified atom stereocenters. The molecule has 0 saturated heterocycles. The molecule has 0 heterocycles. The summed E-state index contributed by atoms with van der Waals surface area (Å²) < 4.78 is 0. The van der Waals surface area contributed by atoms with Gasteiger partial charge in [0.1, 0.15) is 0 Å². The highest BCUT2D eigenvalue weighted by Crippen LogP contribution is 2.32. The first kappa shape index (κ1) is 14.5. The second-order valence-electron chi connectivity index (χ2n) is 5.35. The fraction of sp³-hybridized carbons (Fsp3) is 0.538. The van der Waals surface area contributed by atoms with E-state index in [0.29, 0.717) is 21.7 Å². The Bertz CT molecular complexity index is 401. The van der Waals surface area contributed by atoms with E-state index in [1.54, 1.807) is 12.1 Å². The van der Waals surface area contributed by atoms with Gasteiger partial charge >= 0.3 is 0 Å². The Kier molecular flexibility index (Phi) is 4.56. The summed E-state index contributed by atoms with van der Waals surface area (Å²) in [4.78, 5) is 0. The van der Waals surface area contributed by atoms with Crippen molar-refractivity contribution in [1.29, 1.82) is 0 Å². The lowest BCUT2D eigenvalue weighted by Gasteiger charge is -2.30. The smallest absolute Gasteiger partial charge is 0.0614 e. The molecular weight excluding hydrogens is 255 g/mol. The Labute approximate surface area is 113 Å². The summed E-state index contributed by atoms with van der Waals surface area (Å²) in [5.74, 6) is 0.582. The number of nitrogens with one attached hydrogen (secondary N) is 1. The van der Waals surface area contributed by atoms with E-state index >= 15 is 0 Å². The molecule has 17 heavy (non-hydrogen) atoms. The minimum Gasteiger partial charge on any atom is -0.397 e. The van der Waals surface area contributed by atoms with Crippen LogP contribution in [-0.4, -0.2) is 6.54 Å². The summed E-state index contributed by atoms with van der Waals surface area (Å²) >= 11 is 11.9. The number of halogens is 2. The van der Waals surface area contributed by atoms with E-state index in [4.69, 9.17) is 28.9 Å². The van der Waals surface area contributed by atoms with Gasteiger partial charge in [-0.1, -0.05) is 50.9 Å². The van der Waals surface area contributed by atoms with Crippen LogP contribution in [0.15, 0.2) is 12.1 Å². The molecule has 1 rings (SSSR count). The highest BCUT2D eigenvalue weighted by Gasteiger charge is 2.22. The van der Waals surface area contributed by atoms with Crippen LogP contribution in [0.25, 0.3) is 0 Å². The molecule has 2 nitrogen and oxygen atoms in total. The van der Waals surface area contributed by atoms with Crippen LogP contribution in [0.2, 0.25) is 10.0 Å². The van der Waals surface area contributed by atoms with Gasteiger partial charge in [-0.3, -0.25) is 0 Å². The number of nitrogens with two attached hydrogens (primary N) is 1. The van der Waals surface area contributed by atoms with Crippen molar-refractivity contribution in [2.75, 3.05) is 17.6 Å². The monoisotopic (exact) mass is 274 g/mol. The molecule has 1 aromatic carbocycles. The number of benzene rings is 1. The van der Waals surface area contributed by atoms with Crippen LogP contribution < -0.4 is 11.1 Å². The van der Waals surface area contributed by atoms with Crippen molar-refractivity contribution in [2.24, 2.45) is 11.3 Å². The molecule has 1 aromatic rings. The molecule has 0 aromatic heterocycles. The largest absolute Gasteiger partial charge is 0.397 e. The molecule has 0 bridgehead atoms. The van der Waals surface area contributed by atoms with E-state index in [1.807, 2.05) is 0 Å². The maximum absolute atomic E-state index is 5.97. The standard InChI is InChI=1S/C13H20Cl2N2/c1-8(2)13(3,4)7-17-12-6-10(15)9(14)5-11(12)16/h5-6,8,17H,7,16H2,1-4H3. The first-order valence-corrected chi connectivity index (χ1v) is 6.48. The SMILES string of the molecule is CC(C)C(C)(C)CNc1cc(Cl)c(Cl)cc1N. The summed E-state index contributed by atoms with van der Waals surface area (Å²) in [7, 11) is 0. The van der Waals surface area contributed by atoms with Gasteiger partial charge in [-0.25, -0.2) is 0 Å². The van der Waals surface area contributed by atoms with E-state index in [9.17, 15) is 0 Å². The van der Waals surface area contributed by atoms with Crippen LogP contribution in [-0.2, 0) is 0 Å². The Balaban J connectivity index is 2.80. The lowest BCUT2D eigenvalue weighted by Crippen LogP contribution is -2.28. The lowest BCUT2D eigenvalue weighted by atomic mass is 9.81. The number of nitrogen functional groups attached to an aromatic ring is 1. The zero-order valence-electron chi connectivity index (χ0n) is 10.8. The van der Waals surface area contributed by atoms with Gasteiger partial charge in [0.05, 0.1) is 21.4 Å². The average molecular weight is 275 g/mol. The van der Waals surface area contributed by atoms with Crippen molar-refractivity contribution >= 4 is 34.6 Å². The number of rotatable bonds is 4. The van der Waals surface area contributed by atoms with Crippen molar-refractivity contribution in [3.05, 3.63) is 22.2 Å². The first-order valence-electron chi connectivity index (χ1n) is 5.72. The van der Waals surface area contributed by atoms with Gasteiger partial charge in [-0.15, -0.1) is 0 Å². The third-order valence-corrected chi connectivity index (χ3v) is 4.11. The Morgan fingerprint density at radius 2 is 1.76 bits per heavy atom. The molecule has 0 atom stereocenters. The lowest BCUT2D eigenvalue weighted by molar-refractivity contribution is 0.270. The summed E-state index contributed by atoms with van der Waals surface area (Å²) in [6.45, 7) is 9.70. The molecule has 0 fully saturated rings. The van der Waals surface area contributed by atoms with Crippen molar-refractivity contribution in [2.45, 2.75) is 27.7 Å². The van der Waals surface area contributed by atoms with E-state index in [-0.39, 0.29) is 5.41 Å². The zero-order valence-corrected chi connectivity index (χ0v) is 12.3. The predicted molar refractivity (Wildman–Crippen MR) is 78.0 cm³/mol. The maximum atomic E-state index is 5.97. The fourth-order valence-corrected chi connectivity index (χ4v) is 1.58. The molecule has 0 radical (unpaired) electrons. The second kappa shape index (κ2) is 5.36. The average Bonchev–Trinajstić information content (AvgIpc) is 2.21. The van der Waals surface area contributed by atoms with Crippen molar-refractivity contribution in [3.8, 4) is 0 Å². The van der Waals surface area contributed by atoms with Crippen molar-refractivity contribution < 1.29 is 0 Å². The topological polar surface area (TPSA) is 38.0 Å². The fourth-order valence-electron chi connectivity index (χ4n) is 1.24. The zero-order chi connectivity index (χ0) is 13.2. The van der Waals surface area contributed by atoms with Gasteiger partial charge in [0.25, 0.3) is 0 Å². The van der Waals surface area contributed by atoms with Gasteiger partial charge in [-0.2, -0.15) is 0 Å². The van der Waals surface area contributed by atoms with Crippen molar-refractivity contribution in [1.82, 2.24) is 0 Å². The molecular formula is C13H20Cl2N2. The summed E-state index contributed by atoms with van der Waals surface area (Å²) in [5.41, 5.74) is 7.55. The Morgan fingerprint density at radius 1 is 1.24 bits per heavy atom. The van der Waals surface area contributed by atoms with Crippen LogP contribution in [0.4, 0.5) is 11.4 Å². The Hall–Kier alpha value is -0.600. The van der Waals surface area contributed by atoms with Crippen LogP contribution >= 0.6 is 23.2 Å². The van der Waals surface area contributed by atoms with E-state index in [2.05, 4.69) is 33.0 Å². The number of anilines is 2. The van der Waals surface area contributed by atoms with E-state index in [0.717, 1.165) is 12.2 Å². The van der Waals surface area contributed by atoms with Crippen LogP contribution in [0.5, 0.6) is 0 Å². The predicted octanol–water partition coefficient (Wildman–Crippen LogP) is 4.67. The molecule has 4 heteroatoms. The molecule has 0 saturated carbocycles. The maximum Gasteiger partial charge on any atom is 0.0614 e. The molecule has 96 valence electrons. The first-order chi connectivity index (χ1) is 7.74. The summed E-state index contributed by atoms with van der Waals surface area (Å²) in [5, 5.41) is 4.34. The molecule has 3 N–H and O–H groups in total. The quantitative estimate of drug-likeness (QED) is 0.783. The minimum atomic E-state index is 0.193. The van der Waals surface area contributed by atoms with Crippen LogP contribution in [0, 0.1) is 11.3 Å². The van der Waals surface area contributed by atoms with Gasteiger partial charge in [0, 0.05) is 6.54 Å². The van der Waals surface area contributed by atoms with Gasteiger partial charge in [-0.05, 0) is 23.5 Å². The van der Waals surface area contributed by atoms with E-state index < -0.39 is 0 Å².